The number of hydrogen-bond acceptors (Lipinski definition) is 6. The Morgan fingerprint density at radius 1 is 1.10 bits per heavy atom. The summed E-state index contributed by atoms with van der Waals surface area (Å²) in [4.78, 5) is 31.7. The Balaban J connectivity index is 1.85. The largest absolute Gasteiger partial charge is 0.462 e. The van der Waals surface area contributed by atoms with Crippen molar-refractivity contribution in [1.29, 1.82) is 0 Å². The molecule has 0 saturated heterocycles. The molecular formula is C20H18N6O3. The Hall–Kier alpha value is -4.01. The minimum Gasteiger partial charge on any atom is -0.462 e. The summed E-state index contributed by atoms with van der Waals surface area (Å²) in [5, 5.41) is 8.18. The maximum Gasteiger partial charge on any atom is 0.342 e. The summed E-state index contributed by atoms with van der Waals surface area (Å²) < 4.78 is 8.06. The number of fused-ring (bicyclic) bond motifs is 1. The number of anilines is 2. The zero-order valence-electron chi connectivity index (χ0n) is 15.9. The van der Waals surface area contributed by atoms with Gasteiger partial charge in [0.2, 0.25) is 0 Å². The molecule has 4 aromatic rings. The molecule has 0 radical (unpaired) electrons. The standard InChI is InChI=1S/C20H18N6O3/c1-3-29-20(28)16-12-22-24(2)18(16)19(27)26(14-7-5-4-6-8-14)15-9-10-25-17(11-15)21-13-23-25/h4-13H,3H2,1-2H3. The number of rotatable bonds is 5. The van der Waals surface area contributed by atoms with Gasteiger partial charge in [0.1, 0.15) is 17.6 Å². The van der Waals surface area contributed by atoms with Crippen molar-refractivity contribution in [2.75, 3.05) is 11.5 Å². The molecule has 3 heterocycles. The number of carbonyl (C=O) groups excluding carboxylic acids is 2. The number of benzene rings is 1. The van der Waals surface area contributed by atoms with E-state index in [4.69, 9.17) is 4.74 Å². The highest BCUT2D eigenvalue weighted by Gasteiger charge is 2.29. The van der Waals surface area contributed by atoms with Crippen LogP contribution in [-0.2, 0) is 11.8 Å². The maximum absolute atomic E-state index is 13.6. The van der Waals surface area contributed by atoms with Crippen LogP contribution in [0.2, 0.25) is 0 Å². The van der Waals surface area contributed by atoms with Crippen molar-refractivity contribution in [2.24, 2.45) is 7.05 Å². The van der Waals surface area contributed by atoms with Crippen molar-refractivity contribution in [3.05, 3.63) is 72.4 Å². The van der Waals surface area contributed by atoms with Crippen LogP contribution < -0.4 is 4.90 Å². The molecule has 0 aliphatic rings. The van der Waals surface area contributed by atoms with Gasteiger partial charge in [0.15, 0.2) is 5.65 Å². The first-order valence-electron chi connectivity index (χ1n) is 8.98. The summed E-state index contributed by atoms with van der Waals surface area (Å²) in [6.07, 6.45) is 4.50. The second-order valence-electron chi connectivity index (χ2n) is 6.17. The molecule has 0 unspecified atom stereocenters. The van der Waals surface area contributed by atoms with E-state index in [-0.39, 0.29) is 17.9 Å². The van der Waals surface area contributed by atoms with Gasteiger partial charge in [0, 0.05) is 25.0 Å². The monoisotopic (exact) mass is 390 g/mol. The van der Waals surface area contributed by atoms with Crippen molar-refractivity contribution < 1.29 is 14.3 Å². The van der Waals surface area contributed by atoms with Crippen molar-refractivity contribution >= 4 is 28.9 Å². The lowest BCUT2D eigenvalue weighted by molar-refractivity contribution is 0.0523. The number of amides is 1. The average Bonchev–Trinajstić information content (AvgIpc) is 3.35. The SMILES string of the molecule is CCOC(=O)c1cnn(C)c1C(=O)N(c1ccccc1)c1ccn2ncnc2c1. The molecule has 4 rings (SSSR count). The summed E-state index contributed by atoms with van der Waals surface area (Å²) in [5.41, 5.74) is 2.06. The fraction of sp³-hybridized carbons (Fsp3) is 0.150. The van der Waals surface area contributed by atoms with E-state index in [0.717, 1.165) is 0 Å². The molecular weight excluding hydrogens is 372 g/mol. The van der Waals surface area contributed by atoms with E-state index in [9.17, 15) is 9.59 Å². The van der Waals surface area contributed by atoms with Crippen LogP contribution in [0.25, 0.3) is 5.65 Å². The predicted molar refractivity (Wildman–Crippen MR) is 105 cm³/mol. The molecule has 9 nitrogen and oxygen atoms in total. The Morgan fingerprint density at radius 3 is 2.66 bits per heavy atom. The van der Waals surface area contributed by atoms with Crippen molar-refractivity contribution in [3.8, 4) is 0 Å². The lowest BCUT2D eigenvalue weighted by Crippen LogP contribution is -2.29. The van der Waals surface area contributed by atoms with Gasteiger partial charge in [-0.25, -0.2) is 14.3 Å². The molecule has 0 bridgehead atoms. The normalized spacial score (nSPS) is 10.8. The Kier molecular flexibility index (Phi) is 4.78. The van der Waals surface area contributed by atoms with E-state index in [2.05, 4.69) is 15.2 Å². The lowest BCUT2D eigenvalue weighted by atomic mass is 10.2. The van der Waals surface area contributed by atoms with Crippen LogP contribution in [0.5, 0.6) is 0 Å². The first kappa shape index (κ1) is 18.4. The van der Waals surface area contributed by atoms with Gasteiger partial charge in [0.25, 0.3) is 5.91 Å². The zero-order valence-corrected chi connectivity index (χ0v) is 15.9. The van der Waals surface area contributed by atoms with E-state index in [1.807, 2.05) is 30.3 Å². The molecule has 0 N–H and O–H groups in total. The van der Waals surface area contributed by atoms with Crippen LogP contribution in [0, 0.1) is 0 Å². The molecule has 0 atom stereocenters. The minimum atomic E-state index is -0.593. The van der Waals surface area contributed by atoms with Gasteiger partial charge in [-0.15, -0.1) is 0 Å². The highest BCUT2D eigenvalue weighted by Crippen LogP contribution is 2.29. The third-order valence-corrected chi connectivity index (χ3v) is 4.38. The van der Waals surface area contributed by atoms with E-state index < -0.39 is 11.9 Å². The van der Waals surface area contributed by atoms with E-state index in [0.29, 0.717) is 17.0 Å². The average molecular weight is 390 g/mol. The zero-order chi connectivity index (χ0) is 20.4. The smallest absolute Gasteiger partial charge is 0.342 e. The van der Waals surface area contributed by atoms with Gasteiger partial charge in [-0.05, 0) is 25.1 Å². The summed E-state index contributed by atoms with van der Waals surface area (Å²) in [6, 6.07) is 12.7. The number of pyridine rings is 1. The number of aryl methyl sites for hydroxylation is 1. The minimum absolute atomic E-state index is 0.115. The Morgan fingerprint density at radius 2 is 1.90 bits per heavy atom. The third kappa shape index (κ3) is 3.33. The fourth-order valence-electron chi connectivity index (χ4n) is 3.06. The van der Waals surface area contributed by atoms with Crippen LogP contribution in [0.4, 0.5) is 11.4 Å². The number of esters is 1. The molecule has 1 amide bonds. The topological polar surface area (TPSA) is 94.6 Å². The number of aromatic nitrogens is 5. The molecule has 3 aromatic heterocycles. The van der Waals surface area contributed by atoms with Crippen LogP contribution in [-0.4, -0.2) is 42.9 Å². The second kappa shape index (κ2) is 7.55. The number of nitrogens with zero attached hydrogens (tertiary/aromatic N) is 6. The molecule has 0 saturated carbocycles. The highest BCUT2D eigenvalue weighted by molar-refractivity contribution is 6.14. The second-order valence-corrected chi connectivity index (χ2v) is 6.17. The van der Waals surface area contributed by atoms with E-state index in [1.54, 1.807) is 36.8 Å². The van der Waals surface area contributed by atoms with Gasteiger partial charge in [-0.3, -0.25) is 14.4 Å². The summed E-state index contributed by atoms with van der Waals surface area (Å²) in [5.74, 6) is -1.01. The van der Waals surface area contributed by atoms with E-state index >= 15 is 0 Å². The molecule has 1 aromatic carbocycles. The summed E-state index contributed by atoms with van der Waals surface area (Å²) in [7, 11) is 1.61. The van der Waals surface area contributed by atoms with Crippen LogP contribution in [0.15, 0.2) is 61.2 Å². The first-order chi connectivity index (χ1) is 14.1. The van der Waals surface area contributed by atoms with Crippen molar-refractivity contribution in [2.45, 2.75) is 6.92 Å². The lowest BCUT2D eigenvalue weighted by Gasteiger charge is -2.23. The predicted octanol–water partition coefficient (Wildman–Crippen LogP) is 2.62. The molecule has 0 fully saturated rings. The van der Waals surface area contributed by atoms with E-state index in [1.165, 1.54) is 22.1 Å². The molecule has 0 aliphatic heterocycles. The number of hydrogen-bond donors (Lipinski definition) is 0. The molecule has 0 aliphatic carbocycles. The molecule has 29 heavy (non-hydrogen) atoms. The van der Waals surface area contributed by atoms with Crippen molar-refractivity contribution in [3.63, 3.8) is 0 Å². The fourth-order valence-corrected chi connectivity index (χ4v) is 3.06. The van der Waals surface area contributed by atoms with Crippen LogP contribution in [0.3, 0.4) is 0 Å². The van der Waals surface area contributed by atoms with Crippen LogP contribution >= 0.6 is 0 Å². The summed E-state index contributed by atoms with van der Waals surface area (Å²) in [6.45, 7) is 1.91. The first-order valence-corrected chi connectivity index (χ1v) is 8.98. The summed E-state index contributed by atoms with van der Waals surface area (Å²) >= 11 is 0. The maximum atomic E-state index is 13.6. The number of carbonyl (C=O) groups is 2. The van der Waals surface area contributed by atoms with Crippen LogP contribution in [0.1, 0.15) is 27.8 Å². The Bertz CT molecular complexity index is 1180. The van der Waals surface area contributed by atoms with Crippen molar-refractivity contribution in [1.82, 2.24) is 24.4 Å². The van der Waals surface area contributed by atoms with Gasteiger partial charge < -0.3 is 4.74 Å². The molecule has 146 valence electrons. The van der Waals surface area contributed by atoms with Gasteiger partial charge in [-0.1, -0.05) is 18.2 Å². The highest BCUT2D eigenvalue weighted by atomic mass is 16.5. The molecule has 0 spiro atoms. The number of para-hydroxylation sites is 1. The Labute approximate surface area is 166 Å². The number of ether oxygens (including phenoxy) is 1. The quantitative estimate of drug-likeness (QED) is 0.486. The molecule has 9 heteroatoms. The van der Waals surface area contributed by atoms with Gasteiger partial charge in [-0.2, -0.15) is 10.2 Å². The van der Waals surface area contributed by atoms with Gasteiger partial charge in [0.05, 0.1) is 18.5 Å². The van der Waals surface area contributed by atoms with Gasteiger partial charge >= 0.3 is 5.97 Å². The third-order valence-electron chi connectivity index (χ3n) is 4.38.